The average Bonchev–Trinajstić information content (AvgIpc) is 2.68. The van der Waals surface area contributed by atoms with Crippen molar-refractivity contribution in [1.82, 2.24) is 14.5 Å². The second-order valence-corrected chi connectivity index (χ2v) is 6.86. The molecule has 0 unspecified atom stereocenters. The minimum atomic E-state index is -0.540. The van der Waals surface area contributed by atoms with Crippen LogP contribution in [0.5, 0.6) is 0 Å². The lowest BCUT2D eigenvalue weighted by atomic mass is 10.0. The fraction of sp³-hybridized carbons (Fsp3) is 0.158. The number of hydrogen-bond acceptors (Lipinski definition) is 5. The molecule has 2 aromatic heterocycles. The second-order valence-electron chi connectivity index (χ2n) is 5.80. The summed E-state index contributed by atoms with van der Waals surface area (Å²) in [5.74, 6) is 0.307. The predicted octanol–water partition coefficient (Wildman–Crippen LogP) is 3.48. The van der Waals surface area contributed by atoms with Crippen molar-refractivity contribution in [1.29, 1.82) is 5.26 Å². The first-order chi connectivity index (χ1) is 12.7. The smallest absolute Gasteiger partial charge is 0.272 e. The fourth-order valence-corrected chi connectivity index (χ4v) is 3.87. The van der Waals surface area contributed by atoms with Gasteiger partial charge in [-0.05, 0) is 30.7 Å². The van der Waals surface area contributed by atoms with Crippen LogP contribution in [0.4, 0.5) is 4.39 Å². The Balaban J connectivity index is 1.87. The SMILES string of the molecule is N#Cc1c(-c2ccc(-c3ccccn3)cc2F)nc2n(c1=O)CCCS2. The Hall–Kier alpha value is -2.98. The molecule has 4 rings (SSSR count). The maximum atomic E-state index is 14.8. The molecule has 26 heavy (non-hydrogen) atoms. The van der Waals surface area contributed by atoms with Gasteiger partial charge in [-0.2, -0.15) is 5.26 Å². The van der Waals surface area contributed by atoms with E-state index in [2.05, 4.69) is 9.97 Å². The van der Waals surface area contributed by atoms with Crippen LogP contribution in [0.2, 0.25) is 0 Å². The lowest BCUT2D eigenvalue weighted by Gasteiger charge is -2.18. The van der Waals surface area contributed by atoms with Crippen LogP contribution in [0.25, 0.3) is 22.5 Å². The highest BCUT2D eigenvalue weighted by Gasteiger charge is 2.22. The highest BCUT2D eigenvalue weighted by Crippen LogP contribution is 2.30. The zero-order valence-electron chi connectivity index (χ0n) is 13.6. The summed E-state index contributed by atoms with van der Waals surface area (Å²) in [7, 11) is 0. The molecule has 0 atom stereocenters. The number of thioether (sulfide) groups is 1. The van der Waals surface area contributed by atoms with Crippen LogP contribution in [0, 0.1) is 17.1 Å². The first kappa shape index (κ1) is 16.5. The topological polar surface area (TPSA) is 71.6 Å². The maximum absolute atomic E-state index is 14.8. The van der Waals surface area contributed by atoms with Crippen LogP contribution in [-0.2, 0) is 6.54 Å². The van der Waals surface area contributed by atoms with E-state index in [1.165, 1.54) is 22.4 Å². The molecule has 3 aromatic rings. The van der Waals surface area contributed by atoms with E-state index < -0.39 is 11.4 Å². The van der Waals surface area contributed by atoms with Gasteiger partial charge < -0.3 is 0 Å². The molecule has 7 heteroatoms. The Bertz CT molecular complexity index is 1090. The summed E-state index contributed by atoms with van der Waals surface area (Å²) in [5.41, 5.74) is 0.978. The summed E-state index contributed by atoms with van der Waals surface area (Å²) in [6, 6.07) is 11.9. The third-order valence-electron chi connectivity index (χ3n) is 4.19. The van der Waals surface area contributed by atoms with E-state index in [1.807, 2.05) is 12.1 Å². The molecular formula is C19H13FN4OS. The van der Waals surface area contributed by atoms with Crippen molar-refractivity contribution >= 4 is 11.8 Å². The van der Waals surface area contributed by atoms with Crippen LogP contribution in [-0.4, -0.2) is 20.3 Å². The summed E-state index contributed by atoms with van der Waals surface area (Å²) >= 11 is 1.45. The molecule has 0 N–H and O–H groups in total. The van der Waals surface area contributed by atoms with Gasteiger partial charge in [0.15, 0.2) is 5.16 Å². The summed E-state index contributed by atoms with van der Waals surface area (Å²) in [4.78, 5) is 21.2. The number of fused-ring (bicyclic) bond motifs is 1. The fourth-order valence-electron chi connectivity index (χ4n) is 2.92. The average molecular weight is 364 g/mol. The molecule has 0 saturated heterocycles. The third kappa shape index (κ3) is 2.78. The van der Waals surface area contributed by atoms with Crippen molar-refractivity contribution in [3.8, 4) is 28.6 Å². The molecule has 0 radical (unpaired) electrons. The zero-order valence-corrected chi connectivity index (χ0v) is 14.5. The highest BCUT2D eigenvalue weighted by atomic mass is 32.2. The van der Waals surface area contributed by atoms with Gasteiger partial charge in [0.2, 0.25) is 0 Å². The Morgan fingerprint density at radius 1 is 1.27 bits per heavy atom. The van der Waals surface area contributed by atoms with Crippen LogP contribution in [0.1, 0.15) is 12.0 Å². The molecule has 1 aliphatic heterocycles. The Morgan fingerprint density at radius 3 is 2.88 bits per heavy atom. The zero-order chi connectivity index (χ0) is 18.1. The van der Waals surface area contributed by atoms with Crippen LogP contribution in [0.15, 0.2) is 52.5 Å². The molecule has 3 heterocycles. The van der Waals surface area contributed by atoms with Crippen LogP contribution < -0.4 is 5.56 Å². The van der Waals surface area contributed by atoms with E-state index in [-0.39, 0.29) is 16.8 Å². The first-order valence-electron chi connectivity index (χ1n) is 8.08. The summed E-state index contributed by atoms with van der Waals surface area (Å²) in [6.07, 6.45) is 2.48. The van der Waals surface area contributed by atoms with Crippen LogP contribution in [0.3, 0.4) is 0 Å². The lowest BCUT2D eigenvalue weighted by molar-refractivity contribution is 0.561. The summed E-state index contributed by atoms with van der Waals surface area (Å²) in [6.45, 7) is 0.532. The molecule has 0 saturated carbocycles. The van der Waals surface area contributed by atoms with Gasteiger partial charge in [0.05, 0.1) is 11.4 Å². The molecule has 128 valence electrons. The summed E-state index contributed by atoms with van der Waals surface area (Å²) in [5, 5.41) is 9.97. The minimum Gasteiger partial charge on any atom is -0.286 e. The number of hydrogen-bond donors (Lipinski definition) is 0. The minimum absolute atomic E-state index is 0.100. The largest absolute Gasteiger partial charge is 0.286 e. The quantitative estimate of drug-likeness (QED) is 0.651. The van der Waals surface area contributed by atoms with Crippen molar-refractivity contribution in [2.45, 2.75) is 18.1 Å². The van der Waals surface area contributed by atoms with Crippen molar-refractivity contribution in [2.24, 2.45) is 0 Å². The van der Waals surface area contributed by atoms with Gasteiger partial charge in [0, 0.05) is 29.6 Å². The molecule has 0 bridgehead atoms. The number of rotatable bonds is 2. The normalized spacial score (nSPS) is 13.1. The van der Waals surface area contributed by atoms with Crippen molar-refractivity contribution in [3.63, 3.8) is 0 Å². The number of aromatic nitrogens is 3. The Labute approximate surface area is 153 Å². The van der Waals surface area contributed by atoms with E-state index in [1.54, 1.807) is 30.5 Å². The number of benzene rings is 1. The van der Waals surface area contributed by atoms with E-state index in [4.69, 9.17) is 0 Å². The monoisotopic (exact) mass is 364 g/mol. The number of nitriles is 1. The Morgan fingerprint density at radius 2 is 2.15 bits per heavy atom. The maximum Gasteiger partial charge on any atom is 0.272 e. The standard InChI is InChI=1S/C19H13FN4OS/c20-15-10-12(16-4-1-2-7-22-16)5-6-13(15)17-14(11-21)18(25)24-8-3-9-26-19(24)23-17/h1-2,4-7,10H,3,8-9H2. The lowest BCUT2D eigenvalue weighted by Crippen LogP contribution is -2.29. The molecular weight excluding hydrogens is 351 g/mol. The number of nitrogens with zero attached hydrogens (tertiary/aromatic N) is 4. The van der Waals surface area contributed by atoms with Gasteiger partial charge in [-0.3, -0.25) is 14.3 Å². The van der Waals surface area contributed by atoms with Crippen LogP contribution >= 0.6 is 11.8 Å². The molecule has 5 nitrogen and oxygen atoms in total. The molecule has 0 fully saturated rings. The number of pyridine rings is 1. The van der Waals surface area contributed by atoms with E-state index in [0.29, 0.717) is 23.0 Å². The van der Waals surface area contributed by atoms with E-state index in [9.17, 15) is 14.4 Å². The molecule has 1 aromatic carbocycles. The van der Waals surface area contributed by atoms with Crippen molar-refractivity contribution in [3.05, 3.63) is 64.3 Å². The summed E-state index contributed by atoms with van der Waals surface area (Å²) < 4.78 is 16.3. The predicted molar refractivity (Wildman–Crippen MR) is 97.2 cm³/mol. The number of halogens is 1. The van der Waals surface area contributed by atoms with E-state index >= 15 is 0 Å². The second kappa shape index (κ2) is 6.73. The molecule has 0 amide bonds. The van der Waals surface area contributed by atoms with E-state index in [0.717, 1.165) is 12.2 Å². The van der Waals surface area contributed by atoms with Gasteiger partial charge in [-0.1, -0.05) is 23.9 Å². The van der Waals surface area contributed by atoms with Gasteiger partial charge in [0.1, 0.15) is 17.4 Å². The molecule has 0 aliphatic carbocycles. The third-order valence-corrected chi connectivity index (χ3v) is 5.25. The van der Waals surface area contributed by atoms with Gasteiger partial charge >= 0.3 is 0 Å². The van der Waals surface area contributed by atoms with Crippen molar-refractivity contribution in [2.75, 3.05) is 5.75 Å². The highest BCUT2D eigenvalue weighted by molar-refractivity contribution is 7.99. The van der Waals surface area contributed by atoms with Gasteiger partial charge in [0.25, 0.3) is 5.56 Å². The molecule has 0 spiro atoms. The van der Waals surface area contributed by atoms with Gasteiger partial charge in [-0.15, -0.1) is 0 Å². The Kier molecular flexibility index (Phi) is 4.27. The van der Waals surface area contributed by atoms with Gasteiger partial charge in [-0.25, -0.2) is 9.37 Å². The van der Waals surface area contributed by atoms with Crippen molar-refractivity contribution < 1.29 is 4.39 Å². The molecule has 1 aliphatic rings. The first-order valence-corrected chi connectivity index (χ1v) is 9.06.